The first-order valence-corrected chi connectivity index (χ1v) is 12.4. The lowest BCUT2D eigenvalue weighted by Crippen LogP contribution is -2.28. The number of rotatable bonds is 10. The van der Waals surface area contributed by atoms with Crippen LogP contribution in [0.2, 0.25) is 0 Å². The molecule has 0 bridgehead atoms. The van der Waals surface area contributed by atoms with Crippen LogP contribution in [0, 0.1) is 18.8 Å². The highest BCUT2D eigenvalue weighted by atomic mass is 19.1. The van der Waals surface area contributed by atoms with Gasteiger partial charge in [-0.05, 0) is 42.2 Å². The van der Waals surface area contributed by atoms with E-state index in [1.165, 1.54) is 0 Å². The fraction of sp³-hybridized carbons (Fsp3) is 0.323. The molecular weight excluding hydrogens is 483 g/mol. The van der Waals surface area contributed by atoms with Gasteiger partial charge in [-0.3, -0.25) is 9.59 Å². The van der Waals surface area contributed by atoms with Crippen molar-refractivity contribution >= 4 is 24.0 Å². The summed E-state index contributed by atoms with van der Waals surface area (Å²) in [7, 11) is 0. The number of hydrogen-bond acceptors (Lipinski definition) is 3. The number of nitrogens with one attached hydrogen (secondary N) is 2. The van der Waals surface area contributed by atoms with Gasteiger partial charge in [0.2, 0.25) is 0 Å². The Morgan fingerprint density at radius 1 is 1.03 bits per heavy atom. The third-order valence-electron chi connectivity index (χ3n) is 4.92. The highest BCUT2D eigenvalue weighted by molar-refractivity contribution is 5.98. The van der Waals surface area contributed by atoms with Gasteiger partial charge in [-0.15, -0.1) is 12.8 Å². The maximum absolute atomic E-state index is 12.4. The number of allylic oxidation sites excluding steroid dienone is 3. The highest BCUT2D eigenvalue weighted by Gasteiger charge is 2.14. The summed E-state index contributed by atoms with van der Waals surface area (Å²) in [6.07, 6.45) is 15.0. The Hall–Kier alpha value is -4.18. The summed E-state index contributed by atoms with van der Waals surface area (Å²) in [4.78, 5) is 32.7. The second kappa shape index (κ2) is 23.2. The molecule has 1 atom stereocenters. The van der Waals surface area contributed by atoms with Crippen LogP contribution in [0.1, 0.15) is 57.8 Å². The van der Waals surface area contributed by atoms with E-state index in [2.05, 4.69) is 30.4 Å². The number of carboxylic acid groups (broad SMARTS) is 1. The Labute approximate surface area is 227 Å². The highest BCUT2D eigenvalue weighted by Crippen LogP contribution is 2.23. The van der Waals surface area contributed by atoms with E-state index in [-0.39, 0.29) is 24.2 Å². The van der Waals surface area contributed by atoms with E-state index < -0.39 is 6.67 Å². The Balaban J connectivity index is 0. The molecule has 0 saturated carbocycles. The number of anilines is 1. The molecular formula is C31H41FN2O4. The molecule has 6 nitrogen and oxygen atoms in total. The molecule has 0 aromatic heterocycles. The van der Waals surface area contributed by atoms with Gasteiger partial charge in [0.05, 0.1) is 0 Å². The lowest BCUT2D eigenvalue weighted by molar-refractivity contribution is -0.122. The SMILES string of the molecule is C#C.CC.CCCC(C)C(=O)c1ccc(-c2ccc(NC(=O)NC/C=C\C=C(/C)CF)cc2)cc1.O=CO. The molecule has 0 aliphatic heterocycles. The van der Waals surface area contributed by atoms with Crippen molar-refractivity contribution in [2.24, 2.45) is 5.92 Å². The van der Waals surface area contributed by atoms with Gasteiger partial charge in [0.1, 0.15) is 6.67 Å². The van der Waals surface area contributed by atoms with Gasteiger partial charge in [-0.2, -0.15) is 0 Å². The third kappa shape index (κ3) is 15.0. The smallest absolute Gasteiger partial charge is 0.319 e. The number of carbonyl (C=O) groups excluding carboxylic acids is 2. The van der Waals surface area contributed by atoms with Crippen molar-refractivity contribution in [3.63, 3.8) is 0 Å². The average molecular weight is 525 g/mol. The van der Waals surface area contributed by atoms with Crippen LogP contribution in [0.5, 0.6) is 0 Å². The first-order chi connectivity index (χ1) is 18.4. The quantitative estimate of drug-likeness (QED) is 0.129. The third-order valence-corrected chi connectivity index (χ3v) is 4.92. The van der Waals surface area contributed by atoms with Gasteiger partial charge >= 0.3 is 6.03 Å². The summed E-state index contributed by atoms with van der Waals surface area (Å²) >= 11 is 0. The summed E-state index contributed by atoms with van der Waals surface area (Å²) in [6, 6.07) is 14.9. The van der Waals surface area contributed by atoms with E-state index in [0.29, 0.717) is 17.8 Å². The molecule has 0 fully saturated rings. The van der Waals surface area contributed by atoms with Gasteiger partial charge in [-0.1, -0.05) is 88.7 Å². The molecule has 0 aliphatic carbocycles. The van der Waals surface area contributed by atoms with Crippen LogP contribution >= 0.6 is 0 Å². The number of urea groups is 1. The number of ketones is 1. The molecule has 0 aliphatic rings. The first-order valence-electron chi connectivity index (χ1n) is 12.4. The summed E-state index contributed by atoms with van der Waals surface area (Å²) < 4.78 is 12.3. The molecule has 1 unspecified atom stereocenters. The van der Waals surface area contributed by atoms with Crippen LogP contribution in [0.3, 0.4) is 0 Å². The van der Waals surface area contributed by atoms with Crippen LogP contribution in [-0.4, -0.2) is 36.6 Å². The number of benzene rings is 2. The van der Waals surface area contributed by atoms with E-state index >= 15 is 0 Å². The maximum Gasteiger partial charge on any atom is 0.319 e. The Morgan fingerprint density at radius 2 is 1.53 bits per heavy atom. The Kier molecular flexibility index (Phi) is 22.0. The molecule has 206 valence electrons. The standard InChI is InChI=1S/C26H31FN2O2.C2H6.C2H2.CH2O2/c1-4-7-20(3)25(30)23-11-9-21(10-12-23)22-13-15-24(16-14-22)29-26(31)28-17-6-5-8-19(2)18-27;2*1-2;2-1-3/h5-6,8-16,20H,4,7,17-18H2,1-3H3,(H2,28,29,31);1-2H3;1-2H;1H,(H,2,3)/b6-5-,19-8+;;;. The zero-order valence-corrected chi connectivity index (χ0v) is 23.0. The van der Waals surface area contributed by atoms with Crippen molar-refractivity contribution in [3.8, 4) is 24.0 Å². The number of amides is 2. The molecule has 0 spiro atoms. The minimum absolute atomic E-state index is 0.0403. The lowest BCUT2D eigenvalue weighted by atomic mass is 9.94. The molecule has 0 radical (unpaired) electrons. The normalized spacial score (nSPS) is 10.8. The van der Waals surface area contributed by atoms with Crippen molar-refractivity contribution < 1.29 is 23.9 Å². The minimum Gasteiger partial charge on any atom is -0.483 e. The van der Waals surface area contributed by atoms with Crippen molar-refractivity contribution in [2.75, 3.05) is 18.5 Å². The number of carbonyl (C=O) groups is 3. The summed E-state index contributed by atoms with van der Waals surface area (Å²) in [5.41, 5.74) is 4.07. The molecule has 3 N–H and O–H groups in total. The summed E-state index contributed by atoms with van der Waals surface area (Å²) in [5, 5.41) is 12.4. The molecule has 7 heteroatoms. The molecule has 2 amide bonds. The number of halogens is 1. The van der Waals surface area contributed by atoms with Gasteiger partial charge < -0.3 is 15.7 Å². The number of terminal acetylenes is 1. The van der Waals surface area contributed by atoms with Crippen LogP contribution in [0.25, 0.3) is 11.1 Å². The zero-order valence-electron chi connectivity index (χ0n) is 23.0. The van der Waals surface area contributed by atoms with Crippen molar-refractivity contribution in [1.82, 2.24) is 5.32 Å². The number of alkyl halides is 1. The Bertz CT molecular complexity index is 1010. The predicted molar refractivity (Wildman–Crippen MR) is 156 cm³/mol. The predicted octanol–water partition coefficient (Wildman–Crippen LogP) is 7.54. The molecule has 0 heterocycles. The van der Waals surface area contributed by atoms with E-state index in [9.17, 15) is 14.0 Å². The zero-order chi connectivity index (χ0) is 29.3. The molecule has 2 aromatic carbocycles. The van der Waals surface area contributed by atoms with E-state index in [1.807, 2.05) is 69.3 Å². The van der Waals surface area contributed by atoms with E-state index in [0.717, 1.165) is 29.5 Å². The van der Waals surface area contributed by atoms with Gasteiger partial charge in [0.25, 0.3) is 6.47 Å². The van der Waals surface area contributed by atoms with Crippen molar-refractivity contribution in [1.29, 1.82) is 0 Å². The van der Waals surface area contributed by atoms with Crippen LogP contribution in [0.4, 0.5) is 14.9 Å². The topological polar surface area (TPSA) is 95.5 Å². The maximum atomic E-state index is 12.4. The second-order valence-electron chi connectivity index (χ2n) is 7.72. The van der Waals surface area contributed by atoms with Crippen molar-refractivity contribution in [3.05, 3.63) is 77.9 Å². The van der Waals surface area contributed by atoms with Crippen LogP contribution < -0.4 is 10.6 Å². The molecule has 2 rings (SSSR count). The molecule has 2 aromatic rings. The Morgan fingerprint density at radius 3 is 2.00 bits per heavy atom. The summed E-state index contributed by atoms with van der Waals surface area (Å²) in [6.45, 7) is 9.39. The monoisotopic (exact) mass is 524 g/mol. The average Bonchev–Trinajstić information content (AvgIpc) is 2.95. The van der Waals surface area contributed by atoms with Gasteiger partial charge in [-0.25, -0.2) is 9.18 Å². The van der Waals surface area contributed by atoms with E-state index in [1.54, 1.807) is 25.2 Å². The second-order valence-corrected chi connectivity index (χ2v) is 7.72. The lowest BCUT2D eigenvalue weighted by Gasteiger charge is -2.10. The number of Topliss-reactive ketones (excluding diaryl/α,β-unsaturated/α-hetero) is 1. The fourth-order valence-corrected chi connectivity index (χ4v) is 3.09. The fourth-order valence-electron chi connectivity index (χ4n) is 3.09. The van der Waals surface area contributed by atoms with Crippen LogP contribution in [-0.2, 0) is 4.79 Å². The largest absolute Gasteiger partial charge is 0.483 e. The minimum atomic E-state index is -0.477. The van der Waals surface area contributed by atoms with Gasteiger partial charge in [0, 0.05) is 23.7 Å². The number of hydrogen-bond donors (Lipinski definition) is 3. The molecule has 0 saturated heterocycles. The first kappa shape index (κ1) is 36.0. The van der Waals surface area contributed by atoms with Crippen LogP contribution in [0.15, 0.2) is 72.3 Å². The molecule has 38 heavy (non-hydrogen) atoms. The summed E-state index contributed by atoms with van der Waals surface area (Å²) in [5.74, 6) is 0.223. The van der Waals surface area contributed by atoms with Crippen molar-refractivity contribution in [2.45, 2.75) is 47.5 Å². The van der Waals surface area contributed by atoms with Gasteiger partial charge in [0.15, 0.2) is 5.78 Å². The van der Waals surface area contributed by atoms with E-state index in [4.69, 9.17) is 9.90 Å².